The van der Waals surface area contributed by atoms with Gasteiger partial charge in [0.1, 0.15) is 18.1 Å². The Hall–Kier alpha value is -4.17. The lowest BCUT2D eigenvalue weighted by molar-refractivity contribution is -0.132. The fourth-order valence-corrected chi connectivity index (χ4v) is 5.98. The molecule has 1 aromatic heterocycles. The van der Waals surface area contributed by atoms with Crippen LogP contribution in [-0.2, 0) is 16.2 Å². The number of amides is 1. The molecule has 4 aromatic carbocycles. The predicted octanol–water partition coefficient (Wildman–Crippen LogP) is 7.81. The van der Waals surface area contributed by atoms with Crippen molar-refractivity contribution in [1.29, 1.82) is 0 Å². The molecule has 6 nitrogen and oxygen atoms in total. The van der Waals surface area contributed by atoms with E-state index in [1.165, 1.54) is 16.2 Å². The van der Waals surface area contributed by atoms with E-state index in [-0.39, 0.29) is 11.3 Å². The van der Waals surface area contributed by atoms with Gasteiger partial charge in [0.15, 0.2) is 5.13 Å². The van der Waals surface area contributed by atoms with E-state index in [0.29, 0.717) is 44.2 Å². The number of carbonyl (C=O) groups is 2. The number of Topliss-reactive ketones (excluding diaryl/α,β-unsaturated/α-hetero) is 1. The number of anilines is 1. The van der Waals surface area contributed by atoms with Crippen molar-refractivity contribution in [2.45, 2.75) is 12.6 Å². The predicted molar refractivity (Wildman–Crippen MR) is 158 cm³/mol. The number of ketones is 1. The van der Waals surface area contributed by atoms with E-state index in [0.717, 1.165) is 10.3 Å². The van der Waals surface area contributed by atoms with Gasteiger partial charge in [-0.1, -0.05) is 77.0 Å². The van der Waals surface area contributed by atoms with E-state index in [9.17, 15) is 14.7 Å². The molecule has 1 atom stereocenters. The van der Waals surface area contributed by atoms with Crippen LogP contribution in [0.1, 0.15) is 22.7 Å². The Balaban J connectivity index is 1.43. The number of rotatable bonds is 6. The Morgan fingerprint density at radius 3 is 2.33 bits per heavy atom. The van der Waals surface area contributed by atoms with Crippen LogP contribution < -0.4 is 9.64 Å². The number of aromatic nitrogens is 1. The lowest BCUT2D eigenvalue weighted by Crippen LogP contribution is -2.29. The highest BCUT2D eigenvalue weighted by Gasteiger charge is 2.48. The number of ether oxygens (including phenoxy) is 1. The molecule has 40 heavy (non-hydrogen) atoms. The van der Waals surface area contributed by atoms with Gasteiger partial charge in [0, 0.05) is 15.6 Å². The largest absolute Gasteiger partial charge is 0.507 e. The molecule has 1 saturated heterocycles. The quantitative estimate of drug-likeness (QED) is 0.125. The lowest BCUT2D eigenvalue weighted by atomic mass is 9.95. The second-order valence-electron chi connectivity index (χ2n) is 9.13. The minimum atomic E-state index is -0.921. The Morgan fingerprint density at radius 2 is 1.60 bits per heavy atom. The number of nitrogens with zero attached hydrogens (tertiary/aromatic N) is 2. The second-order valence-corrected chi connectivity index (χ2v) is 11.0. The number of carbonyl (C=O) groups excluding carboxylic acids is 2. The summed E-state index contributed by atoms with van der Waals surface area (Å²) in [6.07, 6.45) is 0. The maximum absolute atomic E-state index is 13.5. The highest BCUT2D eigenvalue weighted by Crippen LogP contribution is 2.44. The summed E-state index contributed by atoms with van der Waals surface area (Å²) in [4.78, 5) is 32.9. The first-order valence-electron chi connectivity index (χ1n) is 12.3. The first kappa shape index (κ1) is 26.1. The molecule has 198 valence electrons. The third-order valence-electron chi connectivity index (χ3n) is 6.55. The van der Waals surface area contributed by atoms with Crippen molar-refractivity contribution in [1.82, 2.24) is 4.98 Å². The fourth-order valence-electron chi connectivity index (χ4n) is 4.59. The average Bonchev–Trinajstić information content (AvgIpc) is 3.50. The molecule has 2 heterocycles. The zero-order valence-electron chi connectivity index (χ0n) is 20.8. The molecule has 1 unspecified atom stereocenters. The monoisotopic (exact) mass is 586 g/mol. The first-order valence-corrected chi connectivity index (χ1v) is 13.9. The van der Waals surface area contributed by atoms with E-state index in [4.69, 9.17) is 27.9 Å². The van der Waals surface area contributed by atoms with Gasteiger partial charge < -0.3 is 9.84 Å². The molecule has 0 radical (unpaired) electrons. The molecule has 0 aliphatic carbocycles. The summed E-state index contributed by atoms with van der Waals surface area (Å²) in [5, 5.41) is 12.7. The van der Waals surface area contributed by atoms with Gasteiger partial charge in [-0.2, -0.15) is 0 Å². The van der Waals surface area contributed by atoms with Crippen LogP contribution in [0, 0.1) is 0 Å². The molecule has 5 aromatic rings. The van der Waals surface area contributed by atoms with Gasteiger partial charge in [-0.05, 0) is 65.7 Å². The summed E-state index contributed by atoms with van der Waals surface area (Å²) in [7, 11) is 0. The minimum absolute atomic E-state index is 0.0393. The second kappa shape index (κ2) is 10.8. The van der Waals surface area contributed by atoms with Crippen molar-refractivity contribution in [2.24, 2.45) is 0 Å². The summed E-state index contributed by atoms with van der Waals surface area (Å²) in [5.74, 6) is -1.26. The molecule has 1 amide bonds. The maximum Gasteiger partial charge on any atom is 0.301 e. The molecule has 0 spiro atoms. The topological polar surface area (TPSA) is 79.7 Å². The molecule has 1 fully saturated rings. The third-order valence-corrected chi connectivity index (χ3v) is 8.06. The molecule has 1 aliphatic rings. The number of benzene rings is 4. The summed E-state index contributed by atoms with van der Waals surface area (Å²) < 4.78 is 6.69. The SMILES string of the molecule is O=C1C(=O)N(c2nc3ccc(Cl)cc3s2)C(c2ccc(OCc3ccccc3)cc2)/C1=C(\O)c1ccc(Cl)cc1. The van der Waals surface area contributed by atoms with Crippen LogP contribution in [0.5, 0.6) is 5.75 Å². The van der Waals surface area contributed by atoms with Gasteiger partial charge in [-0.3, -0.25) is 14.5 Å². The van der Waals surface area contributed by atoms with E-state index in [1.807, 2.05) is 30.3 Å². The first-order chi connectivity index (χ1) is 19.4. The van der Waals surface area contributed by atoms with Crippen LogP contribution in [-0.4, -0.2) is 21.8 Å². The normalized spacial score (nSPS) is 16.6. The average molecular weight is 587 g/mol. The summed E-state index contributed by atoms with van der Waals surface area (Å²) in [6, 6.07) is 27.6. The molecule has 1 aliphatic heterocycles. The van der Waals surface area contributed by atoms with Crippen molar-refractivity contribution in [2.75, 3.05) is 4.90 Å². The van der Waals surface area contributed by atoms with Gasteiger partial charge >= 0.3 is 5.91 Å². The van der Waals surface area contributed by atoms with Crippen LogP contribution in [0.2, 0.25) is 10.0 Å². The van der Waals surface area contributed by atoms with Crippen molar-refractivity contribution < 1.29 is 19.4 Å². The van der Waals surface area contributed by atoms with Gasteiger partial charge in [0.05, 0.1) is 21.8 Å². The van der Waals surface area contributed by atoms with Crippen LogP contribution in [0.15, 0.2) is 103 Å². The molecule has 0 bridgehead atoms. The van der Waals surface area contributed by atoms with Crippen LogP contribution in [0.4, 0.5) is 5.13 Å². The van der Waals surface area contributed by atoms with Crippen molar-refractivity contribution in [3.63, 3.8) is 0 Å². The Kier molecular flexibility index (Phi) is 7.02. The molecule has 6 rings (SSSR count). The summed E-state index contributed by atoms with van der Waals surface area (Å²) in [6.45, 7) is 0.392. The Bertz CT molecular complexity index is 1770. The number of aliphatic hydroxyl groups is 1. The minimum Gasteiger partial charge on any atom is -0.507 e. The highest BCUT2D eigenvalue weighted by atomic mass is 35.5. The van der Waals surface area contributed by atoms with E-state index in [2.05, 4.69) is 4.98 Å². The highest BCUT2D eigenvalue weighted by molar-refractivity contribution is 7.22. The van der Waals surface area contributed by atoms with Gasteiger partial charge in [0.25, 0.3) is 5.78 Å². The third kappa shape index (κ3) is 4.95. The number of halogens is 2. The maximum atomic E-state index is 13.5. The molecule has 0 saturated carbocycles. The van der Waals surface area contributed by atoms with E-state index >= 15 is 0 Å². The van der Waals surface area contributed by atoms with Crippen LogP contribution in [0.25, 0.3) is 16.0 Å². The van der Waals surface area contributed by atoms with Crippen LogP contribution in [0.3, 0.4) is 0 Å². The summed E-state index contributed by atoms with van der Waals surface area (Å²) in [5.41, 5.74) is 2.61. The van der Waals surface area contributed by atoms with Gasteiger partial charge in [-0.15, -0.1) is 0 Å². The van der Waals surface area contributed by atoms with Crippen molar-refractivity contribution in [3.8, 4) is 5.75 Å². The molecule has 9 heteroatoms. The Labute approximate surface area is 243 Å². The van der Waals surface area contributed by atoms with Crippen LogP contribution >= 0.6 is 34.5 Å². The fraction of sp³-hybridized carbons (Fsp3) is 0.0645. The number of fused-ring (bicyclic) bond motifs is 1. The zero-order valence-corrected chi connectivity index (χ0v) is 23.1. The number of hydrogen-bond acceptors (Lipinski definition) is 6. The standard InChI is InChI=1S/C31H20Cl2N2O4S/c32-21-10-6-20(7-11-21)28(36)26-27(19-8-13-23(14-9-19)39-17-18-4-2-1-3-5-18)35(30(38)29(26)37)31-34-24-15-12-22(33)16-25(24)40-31/h1-16,27,36H,17H2/b28-26+. The van der Waals surface area contributed by atoms with Crippen molar-refractivity contribution in [3.05, 3.63) is 129 Å². The van der Waals surface area contributed by atoms with E-state index in [1.54, 1.807) is 66.7 Å². The molecule has 1 N–H and O–H groups in total. The number of aliphatic hydroxyl groups excluding tert-OH is 1. The lowest BCUT2D eigenvalue weighted by Gasteiger charge is -2.23. The smallest absolute Gasteiger partial charge is 0.301 e. The summed E-state index contributed by atoms with van der Waals surface area (Å²) >= 11 is 13.4. The molecular formula is C31H20Cl2N2O4S. The van der Waals surface area contributed by atoms with Gasteiger partial charge in [-0.25, -0.2) is 4.98 Å². The Morgan fingerprint density at radius 1 is 0.900 bits per heavy atom. The number of hydrogen-bond donors (Lipinski definition) is 1. The molecular weight excluding hydrogens is 567 g/mol. The van der Waals surface area contributed by atoms with Gasteiger partial charge in [0.2, 0.25) is 0 Å². The number of thiazole rings is 1. The van der Waals surface area contributed by atoms with E-state index < -0.39 is 17.7 Å². The zero-order chi connectivity index (χ0) is 27.8. The van der Waals surface area contributed by atoms with Crippen molar-refractivity contribution >= 4 is 67.3 Å².